The Bertz CT molecular complexity index is 1130. The minimum atomic E-state index is -2.19. The van der Waals surface area contributed by atoms with Crippen molar-refractivity contribution in [1.82, 2.24) is 0 Å². The van der Waals surface area contributed by atoms with E-state index in [0.29, 0.717) is 9.54 Å². The maximum absolute atomic E-state index is 2.65. The van der Waals surface area contributed by atoms with Crippen LogP contribution in [0.25, 0.3) is 11.1 Å². The van der Waals surface area contributed by atoms with Crippen LogP contribution in [-0.4, -0.2) is 3.21 Å². The average molecular weight is 504 g/mol. The maximum atomic E-state index is 2.65. The second-order valence-corrected chi connectivity index (χ2v) is 18.7. The van der Waals surface area contributed by atoms with Gasteiger partial charge in [0.1, 0.15) is 0 Å². The standard InChI is InChI=1S/C17H17.C11H17.C3H6.Zr/c1-10-5-14-9-15-6-11(2)13(4)8-17(15)16(14)7-12(10)3;1-5-9-6-7-10(8-9)11(2,3)4;1-3-2;/h5-9H,1-4H3;7-9H,5H2,1-4H3;1-2H3;. The van der Waals surface area contributed by atoms with Crippen LogP contribution in [0.5, 0.6) is 0 Å². The predicted molar refractivity (Wildman–Crippen MR) is 138 cm³/mol. The molecule has 0 saturated heterocycles. The molecule has 2 aliphatic rings. The average Bonchev–Trinajstić information content (AvgIpc) is 3.24. The zero-order valence-corrected chi connectivity index (χ0v) is 24.3. The molecule has 0 aromatic heterocycles. The van der Waals surface area contributed by atoms with Crippen LogP contribution in [-0.2, 0) is 21.3 Å². The van der Waals surface area contributed by atoms with E-state index in [1.165, 1.54) is 39.8 Å². The number of hydrogen-bond acceptors (Lipinski definition) is 0. The topological polar surface area (TPSA) is 0 Å². The molecule has 168 valence electrons. The zero-order chi connectivity index (χ0) is 23.5. The SMILES string of the molecule is CCC1C=C(C(C)(C)C)C=[C]1[Zr](=[C](C)C)[CH]1c2cc(C)c(C)cc2-c2cc(C)c(C)cc21. The summed E-state index contributed by atoms with van der Waals surface area (Å²) >= 11 is -2.19. The van der Waals surface area contributed by atoms with Gasteiger partial charge in [-0.1, -0.05) is 0 Å². The summed E-state index contributed by atoms with van der Waals surface area (Å²) in [7, 11) is 0. The Hall–Kier alpha value is -1.33. The van der Waals surface area contributed by atoms with E-state index in [2.05, 4.69) is 106 Å². The molecule has 2 aliphatic carbocycles. The number of rotatable bonds is 3. The van der Waals surface area contributed by atoms with Crippen molar-refractivity contribution in [1.29, 1.82) is 0 Å². The van der Waals surface area contributed by atoms with Crippen molar-refractivity contribution in [2.75, 3.05) is 0 Å². The van der Waals surface area contributed by atoms with Crippen molar-refractivity contribution in [2.45, 2.75) is 79.3 Å². The van der Waals surface area contributed by atoms with Gasteiger partial charge in [0.2, 0.25) is 0 Å². The fourth-order valence-corrected chi connectivity index (χ4v) is 14.4. The predicted octanol–water partition coefficient (Wildman–Crippen LogP) is 8.72. The zero-order valence-electron chi connectivity index (χ0n) is 21.8. The molecular formula is C31H40Zr. The van der Waals surface area contributed by atoms with Gasteiger partial charge in [-0.25, -0.2) is 0 Å². The molecule has 0 nitrogen and oxygen atoms in total. The van der Waals surface area contributed by atoms with Crippen molar-refractivity contribution >= 4 is 3.21 Å². The third-order valence-electron chi connectivity index (χ3n) is 7.78. The third-order valence-corrected chi connectivity index (χ3v) is 16.2. The Morgan fingerprint density at radius 2 is 1.28 bits per heavy atom. The molecule has 2 aromatic carbocycles. The quantitative estimate of drug-likeness (QED) is 0.393. The van der Waals surface area contributed by atoms with E-state index in [9.17, 15) is 0 Å². The van der Waals surface area contributed by atoms with Crippen LogP contribution in [0.4, 0.5) is 0 Å². The number of aryl methyl sites for hydroxylation is 4. The van der Waals surface area contributed by atoms with E-state index in [-0.39, 0.29) is 5.41 Å². The van der Waals surface area contributed by atoms with E-state index in [1.54, 1.807) is 19.9 Å². The first-order chi connectivity index (χ1) is 14.9. The van der Waals surface area contributed by atoms with Gasteiger partial charge in [-0.15, -0.1) is 0 Å². The molecule has 0 spiro atoms. The van der Waals surface area contributed by atoms with Gasteiger partial charge in [-0.2, -0.15) is 0 Å². The van der Waals surface area contributed by atoms with Crippen LogP contribution in [0.3, 0.4) is 0 Å². The van der Waals surface area contributed by atoms with Gasteiger partial charge in [0.05, 0.1) is 0 Å². The Labute approximate surface area is 204 Å². The van der Waals surface area contributed by atoms with E-state index >= 15 is 0 Å². The molecule has 0 N–H and O–H groups in total. The van der Waals surface area contributed by atoms with Crippen LogP contribution in [0.15, 0.2) is 45.3 Å². The van der Waals surface area contributed by atoms with Crippen LogP contribution < -0.4 is 0 Å². The van der Waals surface area contributed by atoms with Gasteiger partial charge < -0.3 is 0 Å². The van der Waals surface area contributed by atoms with E-state index in [4.69, 9.17) is 0 Å². The number of benzene rings is 2. The first-order valence-electron chi connectivity index (χ1n) is 12.3. The summed E-state index contributed by atoms with van der Waals surface area (Å²) in [5, 5.41) is 0. The van der Waals surface area contributed by atoms with Crippen LogP contribution in [0, 0.1) is 39.0 Å². The normalized spacial score (nSPS) is 17.8. The number of hydrogen-bond donors (Lipinski definition) is 0. The molecule has 4 rings (SSSR count). The first kappa shape index (κ1) is 23.8. The molecule has 0 fully saturated rings. The van der Waals surface area contributed by atoms with E-state index in [1.807, 2.05) is 3.28 Å². The fourth-order valence-electron chi connectivity index (χ4n) is 5.55. The molecule has 0 amide bonds. The summed E-state index contributed by atoms with van der Waals surface area (Å²) in [6.07, 6.45) is 6.47. The Kier molecular flexibility index (Phi) is 6.30. The first-order valence-corrected chi connectivity index (χ1v) is 16.2. The third kappa shape index (κ3) is 3.94. The van der Waals surface area contributed by atoms with Gasteiger partial charge in [-0.05, 0) is 0 Å². The van der Waals surface area contributed by atoms with Crippen molar-refractivity contribution in [2.24, 2.45) is 11.3 Å². The number of allylic oxidation sites excluding steroid dienone is 4. The molecule has 1 unspecified atom stereocenters. The van der Waals surface area contributed by atoms with E-state index < -0.39 is 21.3 Å². The number of fused-ring (bicyclic) bond motifs is 3. The molecule has 1 heteroatoms. The van der Waals surface area contributed by atoms with Crippen LogP contribution in [0.1, 0.15) is 85.0 Å². The molecule has 0 bridgehead atoms. The Balaban J connectivity index is 1.99. The van der Waals surface area contributed by atoms with E-state index in [0.717, 1.165) is 0 Å². The summed E-state index contributed by atoms with van der Waals surface area (Å²) in [5.41, 5.74) is 13.7. The summed E-state index contributed by atoms with van der Waals surface area (Å²) in [6.45, 7) is 23.5. The molecule has 0 heterocycles. The van der Waals surface area contributed by atoms with Gasteiger partial charge in [0.15, 0.2) is 0 Å². The molecule has 0 aliphatic heterocycles. The minimum absolute atomic E-state index is 0.220. The summed E-state index contributed by atoms with van der Waals surface area (Å²) in [6, 6.07) is 10.0. The van der Waals surface area contributed by atoms with Gasteiger partial charge in [-0.3, -0.25) is 0 Å². The van der Waals surface area contributed by atoms with Crippen molar-refractivity contribution < 1.29 is 21.3 Å². The van der Waals surface area contributed by atoms with Gasteiger partial charge >= 0.3 is 205 Å². The van der Waals surface area contributed by atoms with Crippen LogP contribution >= 0.6 is 0 Å². The molecule has 1 atom stereocenters. The summed E-state index contributed by atoms with van der Waals surface area (Å²) in [5.74, 6) is 0.624. The second kappa shape index (κ2) is 8.47. The molecule has 32 heavy (non-hydrogen) atoms. The molecule has 0 radical (unpaired) electrons. The molecule has 2 aromatic rings. The fraction of sp³-hybridized carbons (Fsp3) is 0.452. The summed E-state index contributed by atoms with van der Waals surface area (Å²) < 4.78 is 4.14. The van der Waals surface area contributed by atoms with Crippen molar-refractivity contribution in [3.63, 3.8) is 0 Å². The molecular weight excluding hydrogens is 464 g/mol. The van der Waals surface area contributed by atoms with Gasteiger partial charge in [0, 0.05) is 0 Å². The van der Waals surface area contributed by atoms with Gasteiger partial charge in [0.25, 0.3) is 0 Å². The van der Waals surface area contributed by atoms with Crippen LogP contribution in [0.2, 0.25) is 0 Å². The molecule has 0 saturated carbocycles. The Morgan fingerprint density at radius 3 is 1.69 bits per heavy atom. The van der Waals surface area contributed by atoms with Crippen molar-refractivity contribution in [3.8, 4) is 11.1 Å². The summed E-state index contributed by atoms with van der Waals surface area (Å²) in [4.78, 5) is 0. The Morgan fingerprint density at radius 1 is 0.812 bits per heavy atom. The van der Waals surface area contributed by atoms with Crippen molar-refractivity contribution in [3.05, 3.63) is 78.7 Å². The second-order valence-electron chi connectivity index (χ2n) is 11.4. The monoisotopic (exact) mass is 502 g/mol.